The van der Waals surface area contributed by atoms with Crippen LogP contribution in [0.1, 0.15) is 5.69 Å². The number of primary amides is 1. The van der Waals surface area contributed by atoms with Gasteiger partial charge in [-0.2, -0.15) is 0 Å². The molecule has 26 heavy (non-hydrogen) atoms. The molecule has 0 aromatic carbocycles. The molecule has 2 N–H and O–H groups in total. The van der Waals surface area contributed by atoms with Gasteiger partial charge < -0.3 is 20.4 Å². The van der Waals surface area contributed by atoms with Crippen molar-refractivity contribution in [3.05, 3.63) is 42.0 Å². The van der Waals surface area contributed by atoms with Crippen molar-refractivity contribution in [1.29, 1.82) is 0 Å². The van der Waals surface area contributed by atoms with Crippen LogP contribution in [-0.4, -0.2) is 73.4 Å². The molecule has 0 bridgehead atoms. The van der Waals surface area contributed by atoms with E-state index < -0.39 is 5.91 Å². The van der Waals surface area contributed by atoms with Crippen LogP contribution in [-0.2, 0) is 4.79 Å². The van der Waals surface area contributed by atoms with Crippen LogP contribution in [0.15, 0.2) is 46.3 Å². The lowest BCUT2D eigenvalue weighted by Gasteiger charge is -2.33. The van der Waals surface area contributed by atoms with E-state index in [1.807, 2.05) is 23.1 Å². The van der Waals surface area contributed by atoms with Gasteiger partial charge in [-0.1, -0.05) is 6.07 Å². The molecule has 2 aliphatic rings. The van der Waals surface area contributed by atoms with Crippen LogP contribution in [0.4, 0.5) is 5.82 Å². The molecule has 3 rings (SSSR count). The summed E-state index contributed by atoms with van der Waals surface area (Å²) >= 11 is 0. The molecule has 0 unspecified atom stereocenters. The van der Waals surface area contributed by atoms with Crippen molar-refractivity contribution in [3.63, 3.8) is 0 Å². The average Bonchev–Trinajstić information content (AvgIpc) is 2.67. The molecule has 0 aliphatic carbocycles. The van der Waals surface area contributed by atoms with Crippen LogP contribution < -0.4 is 10.6 Å². The Morgan fingerprint density at radius 1 is 1.31 bits per heavy atom. The predicted molar refractivity (Wildman–Crippen MR) is 104 cm³/mol. The van der Waals surface area contributed by atoms with Crippen LogP contribution in [0.5, 0.6) is 0 Å². The van der Waals surface area contributed by atoms with Gasteiger partial charge in [-0.25, -0.2) is 4.98 Å². The molecule has 136 valence electrons. The van der Waals surface area contributed by atoms with Crippen molar-refractivity contribution in [2.24, 2.45) is 15.7 Å². The number of pyridine rings is 1. The Kier molecular flexibility index (Phi) is 5.43. The summed E-state index contributed by atoms with van der Waals surface area (Å²) in [5.41, 5.74) is 7.03. The molecule has 2 aliphatic heterocycles. The Morgan fingerprint density at radius 3 is 2.77 bits per heavy atom. The highest BCUT2D eigenvalue weighted by Crippen LogP contribution is 2.23. The number of nitrogens with two attached hydrogens (primary N) is 1. The lowest BCUT2D eigenvalue weighted by Crippen LogP contribution is -2.44. The van der Waals surface area contributed by atoms with E-state index in [-0.39, 0.29) is 5.70 Å². The van der Waals surface area contributed by atoms with Gasteiger partial charge in [0.2, 0.25) is 0 Å². The van der Waals surface area contributed by atoms with Crippen molar-refractivity contribution in [2.75, 3.05) is 44.7 Å². The van der Waals surface area contributed by atoms with Crippen LogP contribution >= 0.6 is 0 Å². The Bertz CT molecular complexity index is 775. The van der Waals surface area contributed by atoms with Crippen molar-refractivity contribution in [1.82, 2.24) is 14.8 Å². The molecular weight excluding hydrogens is 330 g/mol. The summed E-state index contributed by atoms with van der Waals surface area (Å²) < 4.78 is 0. The number of aliphatic imine (C=N–C) groups is 2. The van der Waals surface area contributed by atoms with Gasteiger partial charge in [-0.05, 0) is 25.9 Å². The van der Waals surface area contributed by atoms with Crippen LogP contribution in [0.25, 0.3) is 5.70 Å². The summed E-state index contributed by atoms with van der Waals surface area (Å²) in [7, 11) is 2.12. The predicted octanol–water partition coefficient (Wildman–Crippen LogP) is 0.546. The van der Waals surface area contributed by atoms with Crippen LogP contribution in [0, 0.1) is 0 Å². The largest absolute Gasteiger partial charge is 0.364 e. The molecule has 0 radical (unpaired) electrons. The third-order valence-corrected chi connectivity index (χ3v) is 4.39. The van der Waals surface area contributed by atoms with E-state index >= 15 is 0 Å². The zero-order valence-electron chi connectivity index (χ0n) is 14.9. The summed E-state index contributed by atoms with van der Waals surface area (Å²) in [6.07, 6.45) is 4.88. The lowest BCUT2D eigenvalue weighted by molar-refractivity contribution is -0.114. The van der Waals surface area contributed by atoms with Gasteiger partial charge in [0.1, 0.15) is 11.5 Å². The first-order valence-corrected chi connectivity index (χ1v) is 8.46. The molecule has 1 amide bonds. The van der Waals surface area contributed by atoms with Crippen molar-refractivity contribution in [2.45, 2.75) is 0 Å². The maximum Gasteiger partial charge on any atom is 0.268 e. The van der Waals surface area contributed by atoms with E-state index in [1.165, 1.54) is 0 Å². The molecule has 1 aromatic heterocycles. The third kappa shape index (κ3) is 3.97. The number of anilines is 1. The van der Waals surface area contributed by atoms with E-state index in [9.17, 15) is 4.79 Å². The van der Waals surface area contributed by atoms with Crippen molar-refractivity contribution >= 4 is 30.4 Å². The minimum absolute atomic E-state index is 0.196. The summed E-state index contributed by atoms with van der Waals surface area (Å²) in [5, 5.41) is 0. The fraction of sp³-hybridized carbons (Fsp3) is 0.333. The van der Waals surface area contributed by atoms with Gasteiger partial charge in [0.15, 0.2) is 0 Å². The zero-order chi connectivity index (χ0) is 18.5. The molecule has 8 heteroatoms. The van der Waals surface area contributed by atoms with Gasteiger partial charge in [0, 0.05) is 38.6 Å². The summed E-state index contributed by atoms with van der Waals surface area (Å²) in [6.45, 7) is 7.95. The number of amides is 1. The zero-order valence-corrected chi connectivity index (χ0v) is 14.9. The molecule has 1 fully saturated rings. The molecule has 1 aromatic rings. The number of carbonyl (C=O) groups is 1. The normalized spacial score (nSPS) is 18.7. The Hall–Kier alpha value is -3.00. The Morgan fingerprint density at radius 2 is 2.08 bits per heavy atom. The number of likely N-dealkylation sites (N-methyl/N-ethyl adjacent to an activating group) is 1. The number of aromatic nitrogens is 1. The average molecular weight is 353 g/mol. The second-order valence-electron chi connectivity index (χ2n) is 6.21. The van der Waals surface area contributed by atoms with Gasteiger partial charge in [-0.3, -0.25) is 14.8 Å². The molecule has 1 saturated heterocycles. The van der Waals surface area contributed by atoms with Gasteiger partial charge in [0.05, 0.1) is 24.1 Å². The second-order valence-corrected chi connectivity index (χ2v) is 6.21. The van der Waals surface area contributed by atoms with Gasteiger partial charge in [-0.15, -0.1) is 0 Å². The standard InChI is InChI=1S/C18H23N7O/c1-20-12-16(25-7-6-21-15(13-25)18(19)26)14-4-3-5-17(22-14)24-10-8-23(2)9-11-24/h3-6,12-13H,1,7-11H2,2H3,(H2,19,26)/b16-12-. The highest BCUT2D eigenvalue weighted by Gasteiger charge is 2.19. The first kappa shape index (κ1) is 17.8. The van der Waals surface area contributed by atoms with Crippen LogP contribution in [0.2, 0.25) is 0 Å². The minimum Gasteiger partial charge on any atom is -0.364 e. The fourth-order valence-corrected chi connectivity index (χ4v) is 2.91. The summed E-state index contributed by atoms with van der Waals surface area (Å²) in [4.78, 5) is 30.6. The molecule has 8 nitrogen and oxygen atoms in total. The van der Waals surface area contributed by atoms with Gasteiger partial charge in [0.25, 0.3) is 5.91 Å². The van der Waals surface area contributed by atoms with E-state index in [2.05, 4.69) is 33.5 Å². The van der Waals surface area contributed by atoms with Crippen molar-refractivity contribution in [3.8, 4) is 0 Å². The molecule has 0 spiro atoms. The Labute approximate surface area is 153 Å². The fourth-order valence-electron chi connectivity index (χ4n) is 2.91. The first-order chi connectivity index (χ1) is 12.6. The number of carbonyl (C=O) groups excluding carboxylic acids is 1. The van der Waals surface area contributed by atoms with Gasteiger partial charge >= 0.3 is 0 Å². The first-order valence-electron chi connectivity index (χ1n) is 8.46. The summed E-state index contributed by atoms with van der Waals surface area (Å²) in [5.74, 6) is 0.353. The number of rotatable bonds is 5. The smallest absolute Gasteiger partial charge is 0.268 e. The maximum absolute atomic E-state index is 11.4. The van der Waals surface area contributed by atoms with Crippen molar-refractivity contribution < 1.29 is 4.79 Å². The molecule has 3 heterocycles. The quantitative estimate of drug-likeness (QED) is 0.781. The second kappa shape index (κ2) is 7.92. The highest BCUT2D eigenvalue weighted by molar-refractivity contribution is 5.94. The lowest BCUT2D eigenvalue weighted by atomic mass is 10.2. The SMILES string of the molecule is C=N/C=C(/c1cccc(N2CCN(C)CC2)n1)N1C=C(C(N)=O)N=CC1. The van der Waals surface area contributed by atoms with Crippen LogP contribution in [0.3, 0.4) is 0 Å². The minimum atomic E-state index is -0.573. The van der Waals surface area contributed by atoms with E-state index in [4.69, 9.17) is 10.7 Å². The highest BCUT2D eigenvalue weighted by atomic mass is 16.1. The Balaban J connectivity index is 1.88. The molecule has 0 saturated carbocycles. The summed E-state index contributed by atoms with van der Waals surface area (Å²) in [6, 6.07) is 5.90. The van der Waals surface area contributed by atoms with E-state index in [0.717, 1.165) is 43.4 Å². The number of hydrogen-bond donors (Lipinski definition) is 1. The topological polar surface area (TPSA) is 90.4 Å². The monoisotopic (exact) mass is 353 g/mol. The van der Waals surface area contributed by atoms with E-state index in [0.29, 0.717) is 6.54 Å². The molecule has 0 atom stereocenters. The number of hydrogen-bond acceptors (Lipinski definition) is 7. The molecular formula is C18H23N7O. The number of piperazine rings is 1. The maximum atomic E-state index is 11.4. The number of nitrogens with zero attached hydrogens (tertiary/aromatic N) is 6. The third-order valence-electron chi connectivity index (χ3n) is 4.39. The van der Waals surface area contributed by atoms with E-state index in [1.54, 1.807) is 18.6 Å².